The van der Waals surface area contributed by atoms with Crippen molar-refractivity contribution in [2.45, 2.75) is 26.8 Å². The van der Waals surface area contributed by atoms with Crippen LogP contribution < -0.4 is 0 Å². The molecule has 0 spiro atoms. The largest absolute Gasteiger partial charge is 0.461 e. The Morgan fingerprint density at radius 2 is 2.10 bits per heavy atom. The Kier molecular flexibility index (Phi) is 4.67. The summed E-state index contributed by atoms with van der Waals surface area (Å²) in [5.41, 5.74) is 0.543. The average Bonchev–Trinajstić information content (AvgIpc) is 2.86. The van der Waals surface area contributed by atoms with Crippen LogP contribution in [0.15, 0.2) is 30.7 Å². The summed E-state index contributed by atoms with van der Waals surface area (Å²) in [5.74, 6) is -1.35. The number of hydrogen-bond donors (Lipinski definition) is 0. The van der Waals surface area contributed by atoms with Crippen LogP contribution in [0.3, 0.4) is 0 Å². The summed E-state index contributed by atoms with van der Waals surface area (Å²) in [5, 5.41) is 0. The third-order valence-electron chi connectivity index (χ3n) is 3.02. The molecule has 0 amide bonds. The second-order valence-corrected chi connectivity index (χ2v) is 5.21. The standard InChI is InChI=1S/C15H18FN3O2/c1-10(2)8-21-15(20)13-14(16)18-9-19(13)11(3)12-6-4-5-7-17-12/h4-7,9-11H,8H2,1-3H3/t11-/m1/s1. The minimum Gasteiger partial charge on any atom is -0.461 e. The van der Waals surface area contributed by atoms with Crippen LogP contribution in [0.1, 0.15) is 43.0 Å². The molecule has 0 N–H and O–H groups in total. The smallest absolute Gasteiger partial charge is 0.359 e. The van der Waals surface area contributed by atoms with Crippen LogP contribution in [0.4, 0.5) is 4.39 Å². The normalized spacial score (nSPS) is 12.4. The number of pyridine rings is 1. The maximum absolute atomic E-state index is 13.8. The van der Waals surface area contributed by atoms with E-state index in [4.69, 9.17) is 4.74 Å². The molecule has 0 aliphatic heterocycles. The zero-order valence-electron chi connectivity index (χ0n) is 12.3. The van der Waals surface area contributed by atoms with E-state index in [9.17, 15) is 9.18 Å². The van der Waals surface area contributed by atoms with E-state index >= 15 is 0 Å². The number of esters is 1. The highest BCUT2D eigenvalue weighted by molar-refractivity contribution is 5.87. The SMILES string of the molecule is CC(C)COC(=O)c1c(F)ncn1[C@H](C)c1ccccn1. The maximum Gasteiger partial charge on any atom is 0.359 e. The van der Waals surface area contributed by atoms with Gasteiger partial charge < -0.3 is 9.30 Å². The predicted octanol–water partition coefficient (Wildman–Crippen LogP) is 2.84. The van der Waals surface area contributed by atoms with Gasteiger partial charge in [0.15, 0.2) is 5.69 Å². The van der Waals surface area contributed by atoms with E-state index in [1.807, 2.05) is 32.9 Å². The number of halogens is 1. The van der Waals surface area contributed by atoms with Gasteiger partial charge in [0.2, 0.25) is 5.95 Å². The van der Waals surface area contributed by atoms with Crippen LogP contribution >= 0.6 is 0 Å². The lowest BCUT2D eigenvalue weighted by Crippen LogP contribution is -2.19. The van der Waals surface area contributed by atoms with Crippen molar-refractivity contribution in [3.8, 4) is 0 Å². The molecule has 0 radical (unpaired) electrons. The summed E-state index contributed by atoms with van der Waals surface area (Å²) < 4.78 is 20.3. The second-order valence-electron chi connectivity index (χ2n) is 5.21. The number of imidazole rings is 1. The summed E-state index contributed by atoms with van der Waals surface area (Å²) in [6.07, 6.45) is 2.94. The Bertz CT molecular complexity index is 611. The minimum atomic E-state index is -0.827. The van der Waals surface area contributed by atoms with Gasteiger partial charge in [0.05, 0.1) is 24.7 Å². The maximum atomic E-state index is 13.8. The highest BCUT2D eigenvalue weighted by atomic mass is 19.1. The lowest BCUT2D eigenvalue weighted by atomic mass is 10.2. The molecule has 0 fully saturated rings. The Morgan fingerprint density at radius 1 is 1.33 bits per heavy atom. The summed E-state index contributed by atoms with van der Waals surface area (Å²) in [4.78, 5) is 19.8. The van der Waals surface area contributed by atoms with Gasteiger partial charge >= 0.3 is 5.97 Å². The molecule has 6 heteroatoms. The van der Waals surface area contributed by atoms with E-state index in [1.54, 1.807) is 12.3 Å². The third-order valence-corrected chi connectivity index (χ3v) is 3.02. The number of aromatic nitrogens is 3. The summed E-state index contributed by atoms with van der Waals surface area (Å²) in [6, 6.07) is 5.13. The molecule has 2 heterocycles. The van der Waals surface area contributed by atoms with Gasteiger partial charge in [-0.25, -0.2) is 9.78 Å². The van der Waals surface area contributed by atoms with Crippen LogP contribution in [0.2, 0.25) is 0 Å². The van der Waals surface area contributed by atoms with Crippen molar-refractivity contribution in [3.63, 3.8) is 0 Å². The monoisotopic (exact) mass is 291 g/mol. The lowest BCUT2D eigenvalue weighted by molar-refractivity contribution is 0.0439. The number of hydrogen-bond acceptors (Lipinski definition) is 4. The van der Waals surface area contributed by atoms with Crippen molar-refractivity contribution >= 4 is 5.97 Å². The zero-order valence-corrected chi connectivity index (χ0v) is 12.3. The minimum absolute atomic E-state index is 0.172. The van der Waals surface area contributed by atoms with E-state index in [-0.39, 0.29) is 24.3 Å². The van der Waals surface area contributed by atoms with E-state index < -0.39 is 11.9 Å². The van der Waals surface area contributed by atoms with Crippen molar-refractivity contribution in [1.82, 2.24) is 14.5 Å². The van der Waals surface area contributed by atoms with Crippen molar-refractivity contribution in [3.05, 3.63) is 48.1 Å². The van der Waals surface area contributed by atoms with Crippen molar-refractivity contribution in [2.24, 2.45) is 5.92 Å². The van der Waals surface area contributed by atoms with Gasteiger partial charge in [-0.1, -0.05) is 19.9 Å². The number of carbonyl (C=O) groups excluding carboxylic acids is 1. The highest BCUT2D eigenvalue weighted by Gasteiger charge is 2.24. The molecule has 2 aromatic rings. The Labute approximate surface area is 122 Å². The lowest BCUT2D eigenvalue weighted by Gasteiger charge is -2.15. The molecule has 0 aliphatic rings. The fourth-order valence-corrected chi connectivity index (χ4v) is 1.90. The number of nitrogens with zero attached hydrogens (tertiary/aromatic N) is 3. The molecule has 1 atom stereocenters. The van der Waals surface area contributed by atoms with Crippen LogP contribution in [-0.4, -0.2) is 27.1 Å². The molecule has 0 aromatic carbocycles. The van der Waals surface area contributed by atoms with Gasteiger partial charge in [0.25, 0.3) is 0 Å². The van der Waals surface area contributed by atoms with Gasteiger partial charge in [-0.3, -0.25) is 4.98 Å². The predicted molar refractivity (Wildman–Crippen MR) is 75.4 cm³/mol. The molecule has 2 aromatic heterocycles. The quantitative estimate of drug-likeness (QED) is 0.795. The first-order chi connectivity index (χ1) is 10.0. The van der Waals surface area contributed by atoms with Crippen molar-refractivity contribution < 1.29 is 13.9 Å². The molecule has 0 saturated heterocycles. The van der Waals surface area contributed by atoms with Gasteiger partial charge in [-0.2, -0.15) is 4.39 Å². The fourth-order valence-electron chi connectivity index (χ4n) is 1.90. The fraction of sp³-hybridized carbons (Fsp3) is 0.400. The van der Waals surface area contributed by atoms with Gasteiger partial charge in [-0.05, 0) is 25.0 Å². The van der Waals surface area contributed by atoms with Gasteiger partial charge in [0, 0.05) is 6.20 Å². The van der Waals surface area contributed by atoms with E-state index in [1.165, 1.54) is 10.9 Å². The Morgan fingerprint density at radius 3 is 2.71 bits per heavy atom. The summed E-state index contributed by atoms with van der Waals surface area (Å²) in [6.45, 7) is 5.89. The van der Waals surface area contributed by atoms with Crippen molar-refractivity contribution in [1.29, 1.82) is 0 Å². The van der Waals surface area contributed by atoms with E-state index in [0.717, 1.165) is 0 Å². The van der Waals surface area contributed by atoms with Crippen LogP contribution in [0, 0.1) is 11.9 Å². The molecule has 0 saturated carbocycles. The molecule has 0 unspecified atom stereocenters. The first-order valence-electron chi connectivity index (χ1n) is 6.81. The molecule has 112 valence electrons. The van der Waals surface area contributed by atoms with E-state index in [2.05, 4.69) is 9.97 Å². The molecule has 2 rings (SSSR count). The summed E-state index contributed by atoms with van der Waals surface area (Å²) >= 11 is 0. The topological polar surface area (TPSA) is 57.0 Å². The zero-order chi connectivity index (χ0) is 15.4. The Hall–Kier alpha value is -2.24. The molecule has 0 aliphatic carbocycles. The first-order valence-corrected chi connectivity index (χ1v) is 6.81. The van der Waals surface area contributed by atoms with Crippen LogP contribution in [-0.2, 0) is 4.74 Å². The average molecular weight is 291 g/mol. The summed E-state index contributed by atoms with van der Waals surface area (Å²) in [7, 11) is 0. The number of carbonyl (C=O) groups is 1. The second kappa shape index (κ2) is 6.47. The Balaban J connectivity index is 2.27. The number of ether oxygens (including phenoxy) is 1. The molecular weight excluding hydrogens is 273 g/mol. The van der Waals surface area contributed by atoms with Crippen molar-refractivity contribution in [2.75, 3.05) is 6.61 Å². The number of rotatable bonds is 5. The van der Waals surface area contributed by atoms with Crippen LogP contribution in [0.25, 0.3) is 0 Å². The van der Waals surface area contributed by atoms with Gasteiger partial charge in [-0.15, -0.1) is 0 Å². The van der Waals surface area contributed by atoms with Crippen LogP contribution in [0.5, 0.6) is 0 Å². The molecular formula is C15H18FN3O2. The third kappa shape index (κ3) is 3.45. The molecule has 21 heavy (non-hydrogen) atoms. The van der Waals surface area contributed by atoms with Gasteiger partial charge in [0.1, 0.15) is 0 Å². The van der Waals surface area contributed by atoms with E-state index in [0.29, 0.717) is 5.69 Å². The highest BCUT2D eigenvalue weighted by Crippen LogP contribution is 2.20. The molecule has 0 bridgehead atoms. The molecule has 5 nitrogen and oxygen atoms in total. The first kappa shape index (κ1) is 15.2.